The molecule has 0 spiro atoms. The Morgan fingerprint density at radius 3 is 3.04 bits per heavy atom. The fourth-order valence-corrected chi connectivity index (χ4v) is 3.63. The van der Waals surface area contributed by atoms with Crippen LogP contribution in [0.1, 0.15) is 39.4 Å². The van der Waals surface area contributed by atoms with Crippen molar-refractivity contribution in [3.8, 4) is 0 Å². The predicted octanol–water partition coefficient (Wildman–Crippen LogP) is 2.61. The zero-order chi connectivity index (χ0) is 17.6. The van der Waals surface area contributed by atoms with E-state index in [4.69, 9.17) is 4.99 Å². The van der Waals surface area contributed by atoms with Gasteiger partial charge in [-0.3, -0.25) is 9.39 Å². The van der Waals surface area contributed by atoms with Crippen LogP contribution in [0.25, 0.3) is 5.65 Å². The number of fused-ring (bicyclic) bond motifs is 1. The molecule has 1 saturated heterocycles. The summed E-state index contributed by atoms with van der Waals surface area (Å²) in [4.78, 5) is 7.26. The molecule has 3 heterocycles. The second-order valence-electron chi connectivity index (χ2n) is 7.26. The number of aromatic nitrogens is 3. The van der Waals surface area contributed by atoms with E-state index in [2.05, 4.69) is 41.2 Å². The zero-order valence-electron chi connectivity index (χ0n) is 15.6. The average molecular weight is 342 g/mol. The van der Waals surface area contributed by atoms with Gasteiger partial charge in [0.05, 0.1) is 0 Å². The first-order valence-electron chi connectivity index (χ1n) is 9.49. The van der Waals surface area contributed by atoms with Gasteiger partial charge >= 0.3 is 0 Å². The molecule has 2 aromatic heterocycles. The second-order valence-corrected chi connectivity index (χ2v) is 7.26. The smallest absolute Gasteiger partial charge is 0.193 e. The Hall–Kier alpha value is -2.11. The minimum Gasteiger partial charge on any atom is -0.357 e. The second kappa shape index (κ2) is 8.32. The Bertz CT molecular complexity index is 705. The molecule has 1 atom stereocenters. The highest BCUT2D eigenvalue weighted by Crippen LogP contribution is 2.23. The number of pyridine rings is 1. The van der Waals surface area contributed by atoms with E-state index in [1.807, 2.05) is 28.8 Å². The summed E-state index contributed by atoms with van der Waals surface area (Å²) in [5.41, 5.74) is 0.893. The molecule has 1 aliphatic rings. The van der Waals surface area contributed by atoms with E-state index < -0.39 is 0 Å². The molecule has 0 saturated carbocycles. The van der Waals surface area contributed by atoms with Crippen molar-refractivity contribution in [2.24, 2.45) is 16.8 Å². The van der Waals surface area contributed by atoms with Crippen molar-refractivity contribution in [1.82, 2.24) is 24.8 Å². The highest BCUT2D eigenvalue weighted by Gasteiger charge is 2.25. The fraction of sp³-hybridized carbons (Fsp3) is 0.632. The Morgan fingerprint density at radius 2 is 2.24 bits per heavy atom. The molecule has 0 bridgehead atoms. The van der Waals surface area contributed by atoms with Gasteiger partial charge in [0.1, 0.15) is 5.82 Å². The molecule has 0 aliphatic carbocycles. The lowest BCUT2D eigenvalue weighted by Crippen LogP contribution is -2.40. The van der Waals surface area contributed by atoms with Crippen molar-refractivity contribution < 1.29 is 0 Å². The Balaban J connectivity index is 1.61. The van der Waals surface area contributed by atoms with Crippen molar-refractivity contribution in [1.29, 1.82) is 0 Å². The molecule has 1 N–H and O–H groups in total. The molecular formula is C19H30N6. The molecule has 3 rings (SSSR count). The van der Waals surface area contributed by atoms with Crippen LogP contribution in [0.15, 0.2) is 29.4 Å². The van der Waals surface area contributed by atoms with Crippen LogP contribution < -0.4 is 5.32 Å². The lowest BCUT2D eigenvalue weighted by atomic mass is 9.97. The summed E-state index contributed by atoms with van der Waals surface area (Å²) >= 11 is 0. The van der Waals surface area contributed by atoms with Crippen LogP contribution in [0, 0.1) is 11.8 Å². The van der Waals surface area contributed by atoms with E-state index in [1.54, 1.807) is 0 Å². The van der Waals surface area contributed by atoms with Crippen LogP contribution in [0.3, 0.4) is 0 Å². The Kier molecular flexibility index (Phi) is 5.89. The molecule has 1 fully saturated rings. The van der Waals surface area contributed by atoms with E-state index in [0.29, 0.717) is 0 Å². The third-order valence-electron chi connectivity index (χ3n) is 4.71. The van der Waals surface area contributed by atoms with Gasteiger partial charge in [-0.15, -0.1) is 10.2 Å². The first kappa shape index (κ1) is 17.7. The van der Waals surface area contributed by atoms with Gasteiger partial charge in [-0.2, -0.15) is 0 Å². The molecule has 136 valence electrons. The van der Waals surface area contributed by atoms with Crippen LogP contribution in [0.2, 0.25) is 0 Å². The standard InChI is InChI=1S/C19H30N6/c1-4-20-19(24-12-9-16(14-24)13-15(2)3)21-10-8-18-23-22-17-7-5-6-11-25(17)18/h5-7,11,15-16H,4,8-10,12-14H2,1-3H3,(H,20,21). The number of hydrogen-bond donors (Lipinski definition) is 1. The van der Waals surface area contributed by atoms with Crippen LogP contribution in [-0.2, 0) is 6.42 Å². The zero-order valence-corrected chi connectivity index (χ0v) is 15.6. The van der Waals surface area contributed by atoms with Gasteiger partial charge in [-0.05, 0) is 43.7 Å². The van der Waals surface area contributed by atoms with Crippen LogP contribution in [0.4, 0.5) is 0 Å². The quantitative estimate of drug-likeness (QED) is 0.648. The molecular weight excluding hydrogens is 312 g/mol. The van der Waals surface area contributed by atoms with Gasteiger partial charge in [0.15, 0.2) is 11.6 Å². The third-order valence-corrected chi connectivity index (χ3v) is 4.71. The van der Waals surface area contributed by atoms with Gasteiger partial charge in [0.2, 0.25) is 0 Å². The summed E-state index contributed by atoms with van der Waals surface area (Å²) in [5.74, 6) is 3.58. The summed E-state index contributed by atoms with van der Waals surface area (Å²) < 4.78 is 2.04. The van der Waals surface area contributed by atoms with Gasteiger partial charge in [-0.25, -0.2) is 0 Å². The summed E-state index contributed by atoms with van der Waals surface area (Å²) in [5, 5.41) is 11.9. The number of nitrogens with zero attached hydrogens (tertiary/aromatic N) is 5. The van der Waals surface area contributed by atoms with Crippen LogP contribution in [0.5, 0.6) is 0 Å². The summed E-state index contributed by atoms with van der Waals surface area (Å²) in [6, 6.07) is 5.96. The largest absolute Gasteiger partial charge is 0.357 e. The SMILES string of the molecule is CCNC(=NCCc1nnc2ccccn12)N1CCC(CC(C)C)C1. The van der Waals surface area contributed by atoms with Gasteiger partial charge < -0.3 is 10.2 Å². The van der Waals surface area contributed by atoms with Crippen LogP contribution >= 0.6 is 0 Å². The highest BCUT2D eigenvalue weighted by atomic mass is 15.3. The molecule has 1 unspecified atom stereocenters. The minimum atomic E-state index is 0.726. The highest BCUT2D eigenvalue weighted by molar-refractivity contribution is 5.80. The number of hydrogen-bond acceptors (Lipinski definition) is 3. The van der Waals surface area contributed by atoms with E-state index >= 15 is 0 Å². The van der Waals surface area contributed by atoms with E-state index in [9.17, 15) is 0 Å². The van der Waals surface area contributed by atoms with Gasteiger partial charge in [0.25, 0.3) is 0 Å². The van der Waals surface area contributed by atoms with Crippen LogP contribution in [-0.4, -0.2) is 51.6 Å². The lowest BCUT2D eigenvalue weighted by Gasteiger charge is -2.22. The minimum absolute atomic E-state index is 0.726. The third kappa shape index (κ3) is 4.50. The summed E-state index contributed by atoms with van der Waals surface area (Å²) in [6.07, 6.45) is 5.39. The number of aliphatic imine (C=N–C) groups is 1. The Labute approximate surface area is 150 Å². The first-order valence-corrected chi connectivity index (χ1v) is 9.49. The number of likely N-dealkylation sites (tertiary alicyclic amines) is 1. The van der Waals surface area contributed by atoms with Crippen molar-refractivity contribution in [2.75, 3.05) is 26.2 Å². The maximum absolute atomic E-state index is 4.84. The molecule has 6 nitrogen and oxygen atoms in total. The molecule has 0 radical (unpaired) electrons. The predicted molar refractivity (Wildman–Crippen MR) is 102 cm³/mol. The van der Waals surface area contributed by atoms with Crippen molar-refractivity contribution in [3.63, 3.8) is 0 Å². The number of nitrogens with one attached hydrogen (secondary N) is 1. The van der Waals surface area contributed by atoms with Crippen molar-refractivity contribution in [2.45, 2.75) is 40.0 Å². The average Bonchev–Trinajstić information content (AvgIpc) is 3.21. The van der Waals surface area contributed by atoms with Crippen molar-refractivity contribution >= 4 is 11.6 Å². The van der Waals surface area contributed by atoms with Gasteiger partial charge in [0, 0.05) is 38.8 Å². The molecule has 0 amide bonds. The van der Waals surface area contributed by atoms with E-state index in [1.165, 1.54) is 12.8 Å². The summed E-state index contributed by atoms with van der Waals surface area (Å²) in [7, 11) is 0. The first-order chi connectivity index (χ1) is 12.2. The normalized spacial score (nSPS) is 18.5. The maximum atomic E-state index is 4.84. The fourth-order valence-electron chi connectivity index (χ4n) is 3.63. The monoisotopic (exact) mass is 342 g/mol. The molecule has 1 aliphatic heterocycles. The topological polar surface area (TPSA) is 57.8 Å². The van der Waals surface area contributed by atoms with E-state index in [-0.39, 0.29) is 0 Å². The Morgan fingerprint density at radius 1 is 1.36 bits per heavy atom. The van der Waals surface area contributed by atoms with E-state index in [0.717, 1.165) is 61.9 Å². The lowest BCUT2D eigenvalue weighted by molar-refractivity contribution is 0.403. The molecule has 25 heavy (non-hydrogen) atoms. The number of rotatable bonds is 6. The molecule has 2 aromatic rings. The maximum Gasteiger partial charge on any atom is 0.193 e. The molecule has 6 heteroatoms. The summed E-state index contributed by atoms with van der Waals surface area (Å²) in [6.45, 7) is 10.6. The van der Waals surface area contributed by atoms with Gasteiger partial charge in [-0.1, -0.05) is 19.9 Å². The van der Waals surface area contributed by atoms with Crippen molar-refractivity contribution in [3.05, 3.63) is 30.2 Å². The molecule has 0 aromatic carbocycles. The number of guanidine groups is 1.